The minimum Gasteiger partial charge on any atom is -0.496 e. The lowest BCUT2D eigenvalue weighted by Gasteiger charge is -2.18. The van der Waals surface area contributed by atoms with Gasteiger partial charge in [0.05, 0.1) is 38.5 Å². The van der Waals surface area contributed by atoms with Crippen LogP contribution in [0, 0.1) is 0 Å². The highest BCUT2D eigenvalue weighted by molar-refractivity contribution is 6.60. The number of ketones is 2. The van der Waals surface area contributed by atoms with Crippen molar-refractivity contribution in [2.45, 2.75) is 77.3 Å². The number of ether oxygens (including phenoxy) is 2. The molecule has 2 aromatic carbocycles. The van der Waals surface area contributed by atoms with Crippen LogP contribution in [0.15, 0.2) is 58.5 Å². The molecule has 8 nitrogen and oxygen atoms in total. The van der Waals surface area contributed by atoms with E-state index in [9.17, 15) is 9.59 Å². The molecule has 2 aromatic rings. The van der Waals surface area contributed by atoms with Crippen molar-refractivity contribution in [1.82, 2.24) is 9.80 Å². The molecule has 240 valence electrons. The standard InChI is InChI=1S/C36H52N4O4/c1-39(27-29-17-9-11-19-35(29)43-3)23-15-7-5-13-21-37-31-25-34(42)32(26-33(31)41)38-22-14-6-8-16-24-40(2)28-30-18-10-12-20-36(30)44-4/h9-12,17-20H,5-8,13-16,21-28H2,1-4H3. The molecule has 0 N–H and O–H groups in total. The Labute approximate surface area is 264 Å². The third-order valence-electron chi connectivity index (χ3n) is 8.07. The Morgan fingerprint density at radius 1 is 0.591 bits per heavy atom. The fourth-order valence-corrected chi connectivity index (χ4v) is 5.52. The van der Waals surface area contributed by atoms with Gasteiger partial charge < -0.3 is 19.3 Å². The molecule has 1 saturated carbocycles. The summed E-state index contributed by atoms with van der Waals surface area (Å²) in [7, 11) is 7.69. The Morgan fingerprint density at radius 2 is 0.977 bits per heavy atom. The number of carbonyl (C=O) groups excluding carboxylic acids is 2. The van der Waals surface area contributed by atoms with Gasteiger partial charge >= 0.3 is 0 Å². The van der Waals surface area contributed by atoms with Crippen LogP contribution in [0.5, 0.6) is 11.5 Å². The summed E-state index contributed by atoms with van der Waals surface area (Å²) in [5.74, 6) is 1.78. The molecule has 0 radical (unpaired) electrons. The van der Waals surface area contributed by atoms with Gasteiger partial charge in [0.25, 0.3) is 0 Å². The molecule has 0 bridgehead atoms. The van der Waals surface area contributed by atoms with E-state index in [-0.39, 0.29) is 24.4 Å². The predicted octanol–water partition coefficient (Wildman–Crippen LogP) is 6.20. The summed E-state index contributed by atoms with van der Waals surface area (Å²) in [6, 6.07) is 16.3. The number of benzene rings is 2. The number of hydrogen-bond donors (Lipinski definition) is 0. The van der Waals surface area contributed by atoms with Gasteiger partial charge in [-0.2, -0.15) is 0 Å². The molecule has 0 aliphatic heterocycles. The minimum absolute atomic E-state index is 0.0422. The van der Waals surface area contributed by atoms with E-state index in [1.165, 1.54) is 11.1 Å². The highest BCUT2D eigenvalue weighted by Crippen LogP contribution is 2.20. The maximum atomic E-state index is 12.6. The van der Waals surface area contributed by atoms with Crippen molar-refractivity contribution in [2.75, 3.05) is 54.5 Å². The van der Waals surface area contributed by atoms with Crippen molar-refractivity contribution in [1.29, 1.82) is 0 Å². The van der Waals surface area contributed by atoms with Gasteiger partial charge in [-0.15, -0.1) is 0 Å². The first kappa shape index (κ1) is 35.1. The number of rotatable bonds is 20. The summed E-state index contributed by atoms with van der Waals surface area (Å²) in [6.07, 6.45) is 8.64. The van der Waals surface area contributed by atoms with E-state index >= 15 is 0 Å². The number of Topliss-reactive ketones (excluding diaryl/α,β-unsaturated/α-hetero) is 2. The number of aliphatic imine (C=N–C) groups is 2. The Morgan fingerprint density at radius 3 is 1.39 bits per heavy atom. The van der Waals surface area contributed by atoms with E-state index in [0.717, 1.165) is 89.0 Å². The molecule has 8 heteroatoms. The van der Waals surface area contributed by atoms with E-state index < -0.39 is 0 Å². The molecule has 0 amide bonds. The van der Waals surface area contributed by atoms with Crippen LogP contribution < -0.4 is 9.47 Å². The summed E-state index contributed by atoms with van der Waals surface area (Å²) in [4.78, 5) is 38.8. The fraction of sp³-hybridized carbons (Fsp3) is 0.556. The third-order valence-corrected chi connectivity index (χ3v) is 8.07. The second-order valence-corrected chi connectivity index (χ2v) is 11.8. The zero-order valence-electron chi connectivity index (χ0n) is 27.4. The smallest absolute Gasteiger partial charge is 0.183 e. The van der Waals surface area contributed by atoms with Crippen molar-refractivity contribution in [3.05, 3.63) is 59.7 Å². The van der Waals surface area contributed by atoms with E-state index in [1.54, 1.807) is 14.2 Å². The summed E-state index contributed by atoms with van der Waals surface area (Å²) in [5.41, 5.74) is 3.26. The fourth-order valence-electron chi connectivity index (χ4n) is 5.52. The molecular weight excluding hydrogens is 552 g/mol. The molecule has 3 rings (SSSR count). The number of nitrogens with zero attached hydrogens (tertiary/aromatic N) is 4. The Hall–Kier alpha value is -3.36. The lowest BCUT2D eigenvalue weighted by molar-refractivity contribution is -0.116. The van der Waals surface area contributed by atoms with Gasteiger partial charge in [0.2, 0.25) is 0 Å². The zero-order chi connectivity index (χ0) is 31.6. The summed E-state index contributed by atoms with van der Waals surface area (Å²) >= 11 is 0. The summed E-state index contributed by atoms with van der Waals surface area (Å²) < 4.78 is 10.9. The van der Waals surface area contributed by atoms with E-state index in [1.807, 2.05) is 36.4 Å². The lowest BCUT2D eigenvalue weighted by atomic mass is 9.93. The van der Waals surface area contributed by atoms with E-state index in [0.29, 0.717) is 24.5 Å². The summed E-state index contributed by atoms with van der Waals surface area (Å²) in [5, 5.41) is 0. The van der Waals surface area contributed by atoms with Crippen molar-refractivity contribution in [3.63, 3.8) is 0 Å². The lowest BCUT2D eigenvalue weighted by Crippen LogP contribution is -2.33. The molecule has 0 unspecified atom stereocenters. The zero-order valence-corrected chi connectivity index (χ0v) is 27.4. The number of para-hydroxylation sites is 2. The van der Waals surface area contributed by atoms with Crippen LogP contribution in [-0.4, -0.2) is 87.3 Å². The monoisotopic (exact) mass is 604 g/mol. The maximum absolute atomic E-state index is 12.6. The molecule has 0 atom stereocenters. The Balaban J connectivity index is 1.23. The van der Waals surface area contributed by atoms with Gasteiger partial charge in [-0.05, 0) is 65.0 Å². The molecule has 0 spiro atoms. The van der Waals surface area contributed by atoms with Crippen LogP contribution in [-0.2, 0) is 22.7 Å². The Kier molecular flexibility index (Phi) is 15.8. The highest BCUT2D eigenvalue weighted by Gasteiger charge is 2.28. The maximum Gasteiger partial charge on any atom is 0.183 e. The van der Waals surface area contributed by atoms with Crippen molar-refractivity contribution in [3.8, 4) is 11.5 Å². The highest BCUT2D eigenvalue weighted by atomic mass is 16.5. The topological polar surface area (TPSA) is 83.8 Å². The van der Waals surface area contributed by atoms with Crippen molar-refractivity contribution >= 4 is 23.0 Å². The van der Waals surface area contributed by atoms with Crippen LogP contribution in [0.4, 0.5) is 0 Å². The van der Waals surface area contributed by atoms with E-state index in [4.69, 9.17) is 9.47 Å². The van der Waals surface area contributed by atoms with Crippen molar-refractivity contribution in [2.24, 2.45) is 9.98 Å². The number of methoxy groups -OCH3 is 2. The third kappa shape index (κ3) is 12.3. The normalized spacial score (nSPS) is 15.6. The minimum atomic E-state index is -0.0422. The average Bonchev–Trinajstić information content (AvgIpc) is 3.02. The van der Waals surface area contributed by atoms with Gasteiger partial charge in [-0.25, -0.2) is 0 Å². The first-order valence-corrected chi connectivity index (χ1v) is 16.1. The Bertz CT molecular complexity index is 1150. The number of unbranched alkanes of at least 4 members (excludes halogenated alkanes) is 6. The second kappa shape index (κ2) is 19.8. The molecule has 44 heavy (non-hydrogen) atoms. The van der Waals surface area contributed by atoms with Crippen LogP contribution in [0.25, 0.3) is 0 Å². The number of hydrogen-bond acceptors (Lipinski definition) is 8. The first-order valence-electron chi connectivity index (χ1n) is 16.1. The van der Waals surface area contributed by atoms with Crippen molar-refractivity contribution < 1.29 is 19.1 Å². The SMILES string of the molecule is COc1ccccc1CN(C)CCCCCCN=C1CC(=O)C(=NCCCCCCN(C)Cc2ccccc2OC)CC1=O. The quantitative estimate of drug-likeness (QED) is 0.167. The molecule has 1 aliphatic carbocycles. The molecule has 0 aromatic heterocycles. The van der Waals surface area contributed by atoms with Gasteiger partial charge in [0.15, 0.2) is 11.6 Å². The largest absolute Gasteiger partial charge is 0.496 e. The second-order valence-electron chi connectivity index (χ2n) is 11.8. The van der Waals surface area contributed by atoms with Crippen LogP contribution >= 0.6 is 0 Å². The summed E-state index contributed by atoms with van der Waals surface area (Å²) in [6.45, 7) is 4.97. The average molecular weight is 605 g/mol. The molecule has 0 saturated heterocycles. The first-order chi connectivity index (χ1) is 21.4. The van der Waals surface area contributed by atoms with E-state index in [2.05, 4.69) is 46.0 Å². The van der Waals surface area contributed by atoms with Crippen LogP contribution in [0.1, 0.15) is 75.3 Å². The molecule has 0 heterocycles. The number of carbonyl (C=O) groups is 2. The molecule has 1 fully saturated rings. The predicted molar refractivity (Wildman–Crippen MR) is 179 cm³/mol. The van der Waals surface area contributed by atoms with Gasteiger partial charge in [-0.1, -0.05) is 62.1 Å². The molecular formula is C36H52N4O4. The van der Waals surface area contributed by atoms with Crippen LogP contribution in [0.2, 0.25) is 0 Å². The van der Waals surface area contributed by atoms with Gasteiger partial charge in [0, 0.05) is 37.3 Å². The van der Waals surface area contributed by atoms with Crippen LogP contribution in [0.3, 0.4) is 0 Å². The molecule has 1 aliphatic rings. The van der Waals surface area contributed by atoms with Gasteiger partial charge in [-0.3, -0.25) is 19.6 Å². The van der Waals surface area contributed by atoms with Gasteiger partial charge in [0.1, 0.15) is 11.5 Å².